The molecule has 1 aliphatic heterocycles. The van der Waals surface area contributed by atoms with Crippen molar-refractivity contribution in [2.45, 2.75) is 32.0 Å². The van der Waals surface area contributed by atoms with E-state index in [9.17, 15) is 14.0 Å². The van der Waals surface area contributed by atoms with Crippen molar-refractivity contribution < 1.29 is 23.8 Å². The number of carbonyl (C=O) groups excluding carboxylic acids is 1. The van der Waals surface area contributed by atoms with Crippen molar-refractivity contribution in [2.75, 3.05) is 13.1 Å². The predicted molar refractivity (Wildman–Crippen MR) is 73.3 cm³/mol. The van der Waals surface area contributed by atoms with Gasteiger partial charge < -0.3 is 14.7 Å². The number of hydrogen-bond acceptors (Lipinski definition) is 3. The van der Waals surface area contributed by atoms with E-state index in [0.717, 1.165) is 5.56 Å². The summed E-state index contributed by atoms with van der Waals surface area (Å²) in [4.78, 5) is 24.7. The number of carbonyl (C=O) groups is 2. The zero-order valence-corrected chi connectivity index (χ0v) is 11.8. The first kappa shape index (κ1) is 15.4. The second kappa shape index (κ2) is 6.67. The molecule has 2 rings (SSSR count). The molecule has 1 fully saturated rings. The lowest BCUT2D eigenvalue weighted by Crippen LogP contribution is -2.51. The Labute approximate surface area is 122 Å². The lowest BCUT2D eigenvalue weighted by molar-refractivity contribution is -0.166. The molecule has 0 bridgehead atoms. The quantitative estimate of drug-likeness (QED) is 0.913. The third kappa shape index (κ3) is 4.26. The molecule has 0 saturated carbocycles. The van der Waals surface area contributed by atoms with E-state index in [4.69, 9.17) is 9.84 Å². The number of carboxylic acid groups (broad SMARTS) is 1. The minimum absolute atomic E-state index is 0.0714. The molecule has 5 nitrogen and oxygen atoms in total. The lowest BCUT2D eigenvalue weighted by atomic mass is 10.1. The minimum Gasteiger partial charge on any atom is -0.479 e. The van der Waals surface area contributed by atoms with Gasteiger partial charge in [-0.25, -0.2) is 9.18 Å². The summed E-state index contributed by atoms with van der Waals surface area (Å²) in [6, 6.07) is 6.00. The number of ether oxygens (including phenoxy) is 1. The van der Waals surface area contributed by atoms with Gasteiger partial charge in [0, 0.05) is 13.0 Å². The summed E-state index contributed by atoms with van der Waals surface area (Å²) < 4.78 is 18.1. The molecule has 0 aromatic heterocycles. The van der Waals surface area contributed by atoms with Gasteiger partial charge in [-0.1, -0.05) is 12.1 Å². The number of hydrogen-bond donors (Lipinski definition) is 1. The third-order valence-corrected chi connectivity index (χ3v) is 3.43. The Kier molecular flexibility index (Phi) is 4.90. The number of amides is 1. The van der Waals surface area contributed by atoms with Crippen molar-refractivity contribution in [1.29, 1.82) is 0 Å². The first-order chi connectivity index (χ1) is 9.95. The van der Waals surface area contributed by atoms with Gasteiger partial charge >= 0.3 is 5.97 Å². The highest BCUT2D eigenvalue weighted by Crippen LogP contribution is 2.14. The Morgan fingerprint density at radius 2 is 2.00 bits per heavy atom. The summed E-state index contributed by atoms with van der Waals surface area (Å²) in [5.74, 6) is -1.48. The average molecular weight is 295 g/mol. The SMILES string of the molecule is C[C@@H]1CN(C(=O)CCc2ccc(F)cc2)CC(C(=O)O)O1. The summed E-state index contributed by atoms with van der Waals surface area (Å²) in [5.41, 5.74) is 0.876. The number of carboxylic acids is 1. The van der Waals surface area contributed by atoms with E-state index >= 15 is 0 Å². The maximum absolute atomic E-state index is 12.8. The molecule has 6 heteroatoms. The Hall–Kier alpha value is -1.95. The van der Waals surface area contributed by atoms with E-state index in [0.29, 0.717) is 13.0 Å². The van der Waals surface area contributed by atoms with E-state index in [-0.39, 0.29) is 30.8 Å². The van der Waals surface area contributed by atoms with Crippen LogP contribution in [0, 0.1) is 5.82 Å². The molecule has 1 aromatic carbocycles. The van der Waals surface area contributed by atoms with Crippen LogP contribution in [0.3, 0.4) is 0 Å². The molecule has 1 unspecified atom stereocenters. The van der Waals surface area contributed by atoms with E-state index in [1.54, 1.807) is 19.1 Å². The van der Waals surface area contributed by atoms with Gasteiger partial charge in [-0.3, -0.25) is 4.79 Å². The first-order valence-electron chi connectivity index (χ1n) is 6.86. The summed E-state index contributed by atoms with van der Waals surface area (Å²) in [6.45, 7) is 2.21. The monoisotopic (exact) mass is 295 g/mol. The van der Waals surface area contributed by atoms with Crippen molar-refractivity contribution in [3.05, 3.63) is 35.6 Å². The standard InChI is InChI=1S/C15H18FNO4/c1-10-8-17(9-13(21-10)15(19)20)14(18)7-4-11-2-5-12(16)6-3-11/h2-3,5-6,10,13H,4,7-9H2,1H3,(H,19,20)/t10-,13?/m1/s1. The molecular formula is C15H18FNO4. The Morgan fingerprint density at radius 3 is 2.62 bits per heavy atom. The van der Waals surface area contributed by atoms with Gasteiger partial charge in [0.15, 0.2) is 6.10 Å². The zero-order chi connectivity index (χ0) is 15.4. The number of benzene rings is 1. The van der Waals surface area contributed by atoms with Crippen LogP contribution in [0.4, 0.5) is 4.39 Å². The molecule has 1 aliphatic rings. The van der Waals surface area contributed by atoms with Crippen molar-refractivity contribution in [3.63, 3.8) is 0 Å². The molecule has 1 amide bonds. The van der Waals surface area contributed by atoms with Crippen molar-refractivity contribution in [3.8, 4) is 0 Å². The van der Waals surface area contributed by atoms with Crippen LogP contribution in [0.25, 0.3) is 0 Å². The Bertz CT molecular complexity index is 517. The summed E-state index contributed by atoms with van der Waals surface area (Å²) >= 11 is 0. The van der Waals surface area contributed by atoms with Crippen LogP contribution >= 0.6 is 0 Å². The Balaban J connectivity index is 1.90. The van der Waals surface area contributed by atoms with Crippen LogP contribution in [0.2, 0.25) is 0 Å². The fourth-order valence-electron chi connectivity index (χ4n) is 2.35. The summed E-state index contributed by atoms with van der Waals surface area (Å²) in [7, 11) is 0. The van der Waals surface area contributed by atoms with Gasteiger partial charge in [0.05, 0.1) is 12.6 Å². The number of rotatable bonds is 4. The second-order valence-electron chi connectivity index (χ2n) is 5.20. The molecule has 114 valence electrons. The molecule has 1 saturated heterocycles. The highest BCUT2D eigenvalue weighted by atomic mass is 19.1. The van der Waals surface area contributed by atoms with Crippen molar-refractivity contribution in [1.82, 2.24) is 4.90 Å². The normalized spacial score (nSPS) is 22.1. The number of morpholine rings is 1. The summed E-state index contributed by atoms with van der Waals surface area (Å²) in [5, 5.41) is 8.99. The number of aryl methyl sites for hydroxylation is 1. The maximum atomic E-state index is 12.8. The van der Waals surface area contributed by atoms with Crippen LogP contribution in [0.1, 0.15) is 18.9 Å². The van der Waals surface area contributed by atoms with Crippen LogP contribution < -0.4 is 0 Å². The third-order valence-electron chi connectivity index (χ3n) is 3.43. The van der Waals surface area contributed by atoms with Crippen LogP contribution in [-0.4, -0.2) is 47.2 Å². The lowest BCUT2D eigenvalue weighted by Gasteiger charge is -2.35. The topological polar surface area (TPSA) is 66.8 Å². The maximum Gasteiger partial charge on any atom is 0.334 e. The molecule has 21 heavy (non-hydrogen) atoms. The van der Waals surface area contributed by atoms with Crippen LogP contribution in [0.5, 0.6) is 0 Å². The van der Waals surface area contributed by atoms with Crippen LogP contribution in [0.15, 0.2) is 24.3 Å². The van der Waals surface area contributed by atoms with Gasteiger partial charge in [-0.15, -0.1) is 0 Å². The van der Waals surface area contributed by atoms with Gasteiger partial charge in [0.1, 0.15) is 5.82 Å². The average Bonchev–Trinajstić information content (AvgIpc) is 2.45. The second-order valence-corrected chi connectivity index (χ2v) is 5.20. The highest BCUT2D eigenvalue weighted by molar-refractivity contribution is 5.79. The molecule has 1 aromatic rings. The van der Waals surface area contributed by atoms with E-state index < -0.39 is 12.1 Å². The fourth-order valence-corrected chi connectivity index (χ4v) is 2.35. The zero-order valence-electron chi connectivity index (χ0n) is 11.8. The Morgan fingerprint density at radius 1 is 1.33 bits per heavy atom. The number of aliphatic carboxylic acids is 1. The van der Waals surface area contributed by atoms with Gasteiger partial charge in [0.25, 0.3) is 0 Å². The fraction of sp³-hybridized carbons (Fsp3) is 0.467. The van der Waals surface area contributed by atoms with E-state index in [1.807, 2.05) is 0 Å². The van der Waals surface area contributed by atoms with Gasteiger partial charge in [0.2, 0.25) is 5.91 Å². The van der Waals surface area contributed by atoms with Crippen LogP contribution in [-0.2, 0) is 20.7 Å². The highest BCUT2D eigenvalue weighted by Gasteiger charge is 2.32. The molecule has 1 heterocycles. The van der Waals surface area contributed by atoms with Crippen molar-refractivity contribution in [2.24, 2.45) is 0 Å². The number of halogens is 1. The minimum atomic E-state index is -1.06. The molecule has 2 atom stereocenters. The largest absolute Gasteiger partial charge is 0.479 e. The molecule has 0 aliphatic carbocycles. The van der Waals surface area contributed by atoms with Gasteiger partial charge in [-0.05, 0) is 31.0 Å². The predicted octanol–water partition coefficient (Wildman–Crippen LogP) is 1.46. The summed E-state index contributed by atoms with van der Waals surface area (Å²) in [6.07, 6.45) is -0.494. The smallest absolute Gasteiger partial charge is 0.334 e. The molecule has 0 radical (unpaired) electrons. The molecular weight excluding hydrogens is 277 g/mol. The van der Waals surface area contributed by atoms with E-state index in [1.165, 1.54) is 17.0 Å². The first-order valence-corrected chi connectivity index (χ1v) is 6.86. The number of nitrogens with zero attached hydrogens (tertiary/aromatic N) is 1. The van der Waals surface area contributed by atoms with E-state index in [2.05, 4.69) is 0 Å². The van der Waals surface area contributed by atoms with Gasteiger partial charge in [-0.2, -0.15) is 0 Å². The van der Waals surface area contributed by atoms with Crippen molar-refractivity contribution >= 4 is 11.9 Å². The molecule has 0 spiro atoms. The molecule has 1 N–H and O–H groups in total.